The molecule has 0 radical (unpaired) electrons. The average molecular weight is 330 g/mol. The van der Waals surface area contributed by atoms with Crippen LogP contribution in [-0.4, -0.2) is 48.6 Å². The van der Waals surface area contributed by atoms with E-state index in [2.05, 4.69) is 0 Å². The molecule has 0 unspecified atom stereocenters. The first-order chi connectivity index (χ1) is 11.2. The van der Waals surface area contributed by atoms with Crippen LogP contribution < -0.4 is 0 Å². The third kappa shape index (κ3) is 11.8. The zero-order valence-electron chi connectivity index (χ0n) is 14.1. The summed E-state index contributed by atoms with van der Waals surface area (Å²) >= 11 is 0. The number of unbranched alkanes of at least 4 members (excludes halogenated alkanes) is 6. The molecule has 134 valence electrons. The number of aliphatic hydroxyl groups is 2. The fraction of sp³-hybridized carbons (Fsp3) is 0.765. The van der Waals surface area contributed by atoms with Gasteiger partial charge in [-0.3, -0.25) is 0 Å². The highest BCUT2D eigenvalue weighted by molar-refractivity contribution is 6.13. The number of aliphatic hydroxyl groups excluding tert-OH is 2. The molecule has 0 rings (SSSR count). The molecule has 0 amide bonds. The molecule has 0 aliphatic rings. The number of ether oxygens (including phenoxy) is 2. The first-order valence-electron chi connectivity index (χ1n) is 8.39. The lowest BCUT2D eigenvalue weighted by molar-refractivity contribution is -0.147. The average Bonchev–Trinajstić information content (AvgIpc) is 2.54. The molecule has 0 aliphatic carbocycles. The zero-order chi connectivity index (χ0) is 17.3. The molecule has 0 heterocycles. The number of allylic oxidation sites excluding steroid dienone is 1. The molecule has 0 saturated carbocycles. The van der Waals surface area contributed by atoms with E-state index in [1.165, 1.54) is 6.08 Å². The van der Waals surface area contributed by atoms with Gasteiger partial charge in [-0.05, 0) is 45.4 Å². The SMILES string of the molecule is CC=C(C(=O)OCCCCCCO)C(=O)OCCCCCCO. The van der Waals surface area contributed by atoms with Crippen LogP contribution in [0, 0.1) is 0 Å². The van der Waals surface area contributed by atoms with Crippen molar-refractivity contribution < 1.29 is 29.3 Å². The van der Waals surface area contributed by atoms with Crippen LogP contribution in [0.1, 0.15) is 58.3 Å². The number of rotatable bonds is 14. The number of hydrogen-bond acceptors (Lipinski definition) is 6. The molecule has 0 aromatic carbocycles. The third-order valence-electron chi connectivity index (χ3n) is 3.30. The quantitative estimate of drug-likeness (QED) is 0.167. The molecule has 0 saturated heterocycles. The van der Waals surface area contributed by atoms with Crippen molar-refractivity contribution in [3.63, 3.8) is 0 Å². The van der Waals surface area contributed by atoms with Gasteiger partial charge in [0.05, 0.1) is 13.2 Å². The van der Waals surface area contributed by atoms with Crippen molar-refractivity contribution in [1.82, 2.24) is 0 Å². The second-order valence-corrected chi connectivity index (χ2v) is 5.25. The Hall–Kier alpha value is -1.40. The second kappa shape index (κ2) is 15.5. The Kier molecular flexibility index (Phi) is 14.6. The van der Waals surface area contributed by atoms with Crippen LogP contribution in [-0.2, 0) is 19.1 Å². The Morgan fingerprint density at radius 3 is 1.48 bits per heavy atom. The fourth-order valence-electron chi connectivity index (χ4n) is 1.94. The molecule has 6 nitrogen and oxygen atoms in total. The molecular formula is C17H30O6. The summed E-state index contributed by atoms with van der Waals surface area (Å²) in [5.41, 5.74) is -0.0734. The van der Waals surface area contributed by atoms with E-state index >= 15 is 0 Å². The van der Waals surface area contributed by atoms with Gasteiger partial charge >= 0.3 is 11.9 Å². The summed E-state index contributed by atoms with van der Waals surface area (Å²) in [5.74, 6) is -1.31. The van der Waals surface area contributed by atoms with E-state index in [9.17, 15) is 9.59 Å². The van der Waals surface area contributed by atoms with Crippen LogP contribution >= 0.6 is 0 Å². The van der Waals surface area contributed by atoms with Gasteiger partial charge in [-0.2, -0.15) is 0 Å². The predicted molar refractivity (Wildman–Crippen MR) is 86.8 cm³/mol. The molecule has 6 heteroatoms. The largest absolute Gasteiger partial charge is 0.462 e. The van der Waals surface area contributed by atoms with E-state index in [4.69, 9.17) is 19.7 Å². The van der Waals surface area contributed by atoms with E-state index in [0.717, 1.165) is 38.5 Å². The van der Waals surface area contributed by atoms with Crippen LogP contribution in [0.5, 0.6) is 0 Å². The maximum absolute atomic E-state index is 11.8. The molecule has 2 N–H and O–H groups in total. The number of carbonyl (C=O) groups excluding carboxylic acids is 2. The van der Waals surface area contributed by atoms with Gasteiger partial charge in [-0.15, -0.1) is 0 Å². The van der Waals surface area contributed by atoms with Gasteiger partial charge in [0.25, 0.3) is 0 Å². The van der Waals surface area contributed by atoms with E-state index in [0.29, 0.717) is 12.8 Å². The molecule has 0 aromatic heterocycles. The van der Waals surface area contributed by atoms with Gasteiger partial charge in [0, 0.05) is 13.2 Å². The van der Waals surface area contributed by atoms with Crippen molar-refractivity contribution in [1.29, 1.82) is 0 Å². The van der Waals surface area contributed by atoms with Crippen LogP contribution in [0.3, 0.4) is 0 Å². The summed E-state index contributed by atoms with van der Waals surface area (Å²) in [6.07, 6.45) is 7.85. The Labute approximate surface area is 138 Å². The van der Waals surface area contributed by atoms with Gasteiger partial charge in [0.1, 0.15) is 5.57 Å². The fourth-order valence-corrected chi connectivity index (χ4v) is 1.94. The van der Waals surface area contributed by atoms with Gasteiger partial charge in [0.2, 0.25) is 0 Å². The summed E-state index contributed by atoms with van der Waals surface area (Å²) in [6.45, 7) is 2.47. The first-order valence-corrected chi connectivity index (χ1v) is 8.39. The van der Waals surface area contributed by atoms with Crippen molar-refractivity contribution in [2.75, 3.05) is 26.4 Å². The predicted octanol–water partition coefficient (Wildman–Crippen LogP) is 2.12. The normalized spacial score (nSPS) is 10.2. The number of esters is 2. The monoisotopic (exact) mass is 330 g/mol. The topological polar surface area (TPSA) is 93.1 Å². The van der Waals surface area contributed by atoms with E-state index in [1.807, 2.05) is 0 Å². The van der Waals surface area contributed by atoms with Gasteiger partial charge in [0.15, 0.2) is 0 Å². The van der Waals surface area contributed by atoms with Crippen LogP contribution in [0.4, 0.5) is 0 Å². The highest BCUT2D eigenvalue weighted by Crippen LogP contribution is 2.06. The van der Waals surface area contributed by atoms with Crippen molar-refractivity contribution in [3.05, 3.63) is 11.6 Å². The second-order valence-electron chi connectivity index (χ2n) is 5.25. The molecule has 0 aliphatic heterocycles. The summed E-state index contributed by atoms with van der Waals surface area (Å²) in [5, 5.41) is 17.3. The molecular weight excluding hydrogens is 300 g/mol. The minimum absolute atomic E-state index is 0.0734. The summed E-state index contributed by atoms with van der Waals surface area (Å²) in [7, 11) is 0. The summed E-state index contributed by atoms with van der Waals surface area (Å²) < 4.78 is 10.1. The Bertz CT molecular complexity index is 321. The lowest BCUT2D eigenvalue weighted by Crippen LogP contribution is -2.19. The first kappa shape index (κ1) is 21.6. The molecule has 0 spiro atoms. The standard InChI is InChI=1S/C17H30O6/c1-2-15(16(20)22-13-9-5-3-7-11-18)17(21)23-14-10-6-4-8-12-19/h2,18-19H,3-14H2,1H3. The minimum Gasteiger partial charge on any atom is -0.462 e. The molecule has 0 fully saturated rings. The van der Waals surface area contributed by atoms with Gasteiger partial charge in [-0.1, -0.05) is 18.9 Å². The van der Waals surface area contributed by atoms with E-state index in [-0.39, 0.29) is 32.0 Å². The maximum Gasteiger partial charge on any atom is 0.345 e. The van der Waals surface area contributed by atoms with Crippen molar-refractivity contribution in [2.24, 2.45) is 0 Å². The minimum atomic E-state index is -0.653. The van der Waals surface area contributed by atoms with E-state index < -0.39 is 11.9 Å². The third-order valence-corrected chi connectivity index (χ3v) is 3.30. The summed E-state index contributed by atoms with van der Waals surface area (Å²) in [4.78, 5) is 23.6. The van der Waals surface area contributed by atoms with Crippen molar-refractivity contribution in [3.8, 4) is 0 Å². The van der Waals surface area contributed by atoms with Gasteiger partial charge in [-0.25, -0.2) is 9.59 Å². The van der Waals surface area contributed by atoms with Crippen LogP contribution in [0.15, 0.2) is 11.6 Å². The maximum atomic E-state index is 11.8. The Morgan fingerprint density at radius 2 is 1.13 bits per heavy atom. The Morgan fingerprint density at radius 1 is 0.739 bits per heavy atom. The van der Waals surface area contributed by atoms with Crippen molar-refractivity contribution >= 4 is 11.9 Å². The number of carbonyl (C=O) groups is 2. The molecule has 0 atom stereocenters. The lowest BCUT2D eigenvalue weighted by atomic mass is 10.2. The molecule has 23 heavy (non-hydrogen) atoms. The Balaban J connectivity index is 3.88. The summed E-state index contributed by atoms with van der Waals surface area (Å²) in [6, 6.07) is 0. The molecule has 0 aromatic rings. The van der Waals surface area contributed by atoms with Crippen LogP contribution in [0.2, 0.25) is 0 Å². The van der Waals surface area contributed by atoms with Gasteiger partial charge < -0.3 is 19.7 Å². The smallest absolute Gasteiger partial charge is 0.345 e. The van der Waals surface area contributed by atoms with Crippen molar-refractivity contribution in [2.45, 2.75) is 58.3 Å². The lowest BCUT2D eigenvalue weighted by Gasteiger charge is -2.08. The van der Waals surface area contributed by atoms with Crippen LogP contribution in [0.25, 0.3) is 0 Å². The van der Waals surface area contributed by atoms with E-state index in [1.54, 1.807) is 6.92 Å². The molecule has 0 bridgehead atoms. The number of hydrogen-bond donors (Lipinski definition) is 2. The highest BCUT2D eigenvalue weighted by atomic mass is 16.6. The highest BCUT2D eigenvalue weighted by Gasteiger charge is 2.20. The zero-order valence-corrected chi connectivity index (χ0v) is 14.1.